The van der Waals surface area contributed by atoms with Gasteiger partial charge in [-0.3, -0.25) is 0 Å². The van der Waals surface area contributed by atoms with Crippen molar-refractivity contribution in [1.29, 1.82) is 0 Å². The monoisotopic (exact) mass is 208 g/mol. The van der Waals surface area contributed by atoms with Crippen molar-refractivity contribution in [3.8, 4) is 0 Å². The minimum Gasteiger partial charge on any atom is -0.317 e. The summed E-state index contributed by atoms with van der Waals surface area (Å²) in [6, 6.07) is 2.33. The third kappa shape index (κ3) is 1.23. The summed E-state index contributed by atoms with van der Waals surface area (Å²) in [6.45, 7) is 3.47. The lowest BCUT2D eigenvalue weighted by molar-refractivity contribution is 0.236. The summed E-state index contributed by atoms with van der Waals surface area (Å²) in [5.74, 6) is 0. The lowest BCUT2D eigenvalue weighted by Crippen LogP contribution is -2.52. The van der Waals surface area contributed by atoms with Crippen LogP contribution in [0, 0.1) is 0 Å². The Kier molecular flexibility index (Phi) is 2.11. The summed E-state index contributed by atoms with van der Waals surface area (Å²) < 4.78 is 0. The van der Waals surface area contributed by atoms with Gasteiger partial charge in [0, 0.05) is 17.0 Å². The molecule has 3 heteroatoms. The molecule has 1 aromatic heterocycles. The van der Waals surface area contributed by atoms with Gasteiger partial charge in [0.1, 0.15) is 0 Å². The molecule has 0 bridgehead atoms. The summed E-state index contributed by atoms with van der Waals surface area (Å²) >= 11 is 1.93. The first kappa shape index (κ1) is 8.89. The van der Waals surface area contributed by atoms with Crippen LogP contribution in [0.5, 0.6) is 0 Å². The quantitative estimate of drug-likeness (QED) is 0.675. The second-order valence-corrected chi connectivity index (χ2v) is 5.27. The first-order chi connectivity index (χ1) is 6.91. The maximum absolute atomic E-state index is 3.74. The number of fused-ring (bicyclic) bond motifs is 2. The van der Waals surface area contributed by atoms with Gasteiger partial charge in [-0.05, 0) is 49.4 Å². The molecule has 0 amide bonds. The largest absolute Gasteiger partial charge is 0.317 e. The molecule has 3 heterocycles. The molecule has 1 saturated heterocycles. The molecule has 1 aromatic rings. The van der Waals surface area contributed by atoms with Crippen molar-refractivity contribution in [3.05, 3.63) is 21.9 Å². The summed E-state index contributed by atoms with van der Waals surface area (Å²) in [6.07, 6.45) is 3.72. The zero-order valence-electron chi connectivity index (χ0n) is 8.31. The highest BCUT2D eigenvalue weighted by molar-refractivity contribution is 7.10. The molecule has 2 aliphatic heterocycles. The van der Waals surface area contributed by atoms with Gasteiger partial charge in [0.2, 0.25) is 0 Å². The van der Waals surface area contributed by atoms with Gasteiger partial charge in [0.05, 0.1) is 0 Å². The van der Waals surface area contributed by atoms with Crippen LogP contribution in [0.3, 0.4) is 0 Å². The minimum atomic E-state index is 0.318. The molecule has 2 aliphatic rings. The number of nitrogens with one attached hydrogen (secondary N) is 2. The SMILES string of the molecule is c1cc2c(s1)CCNC21CCNCC1. The Hall–Kier alpha value is -0.380. The molecule has 3 rings (SSSR count). The number of hydrogen-bond donors (Lipinski definition) is 2. The van der Waals surface area contributed by atoms with Crippen molar-refractivity contribution in [1.82, 2.24) is 10.6 Å². The molecule has 1 fully saturated rings. The molecule has 2 nitrogen and oxygen atoms in total. The predicted octanol–water partition coefficient (Wildman–Crippen LogP) is 1.47. The number of thiophene rings is 1. The van der Waals surface area contributed by atoms with Crippen molar-refractivity contribution in [2.75, 3.05) is 19.6 Å². The molecule has 0 unspecified atom stereocenters. The highest BCUT2D eigenvalue weighted by Gasteiger charge is 2.37. The van der Waals surface area contributed by atoms with Gasteiger partial charge < -0.3 is 10.6 Å². The van der Waals surface area contributed by atoms with Gasteiger partial charge in [-0.15, -0.1) is 11.3 Å². The van der Waals surface area contributed by atoms with Gasteiger partial charge in [-0.1, -0.05) is 0 Å². The minimum absolute atomic E-state index is 0.318. The predicted molar refractivity (Wildman–Crippen MR) is 59.8 cm³/mol. The molecule has 1 spiro atoms. The molecule has 0 saturated carbocycles. The van der Waals surface area contributed by atoms with Crippen molar-refractivity contribution in [2.24, 2.45) is 0 Å². The van der Waals surface area contributed by atoms with Gasteiger partial charge in [0.25, 0.3) is 0 Å². The highest BCUT2D eigenvalue weighted by atomic mass is 32.1. The zero-order valence-corrected chi connectivity index (χ0v) is 9.12. The maximum atomic E-state index is 3.74. The molecule has 0 aliphatic carbocycles. The van der Waals surface area contributed by atoms with Crippen LogP contribution in [-0.2, 0) is 12.0 Å². The average molecular weight is 208 g/mol. The summed E-state index contributed by atoms with van der Waals surface area (Å²) in [7, 11) is 0. The van der Waals surface area contributed by atoms with Gasteiger partial charge in [0.15, 0.2) is 0 Å². The Morgan fingerprint density at radius 1 is 1.21 bits per heavy atom. The van der Waals surface area contributed by atoms with Crippen LogP contribution < -0.4 is 10.6 Å². The van der Waals surface area contributed by atoms with E-state index >= 15 is 0 Å². The molecule has 14 heavy (non-hydrogen) atoms. The first-order valence-electron chi connectivity index (χ1n) is 5.43. The van der Waals surface area contributed by atoms with Gasteiger partial charge in [-0.25, -0.2) is 0 Å². The zero-order chi connectivity index (χ0) is 9.43. The van der Waals surface area contributed by atoms with Crippen molar-refractivity contribution >= 4 is 11.3 Å². The number of hydrogen-bond acceptors (Lipinski definition) is 3. The molecule has 0 radical (unpaired) electrons. The fraction of sp³-hybridized carbons (Fsp3) is 0.636. The molecule has 2 N–H and O–H groups in total. The Labute approximate surface area is 88.7 Å². The fourth-order valence-electron chi connectivity index (χ4n) is 2.77. The molecular formula is C11H16N2S. The van der Waals surface area contributed by atoms with E-state index in [2.05, 4.69) is 22.1 Å². The second-order valence-electron chi connectivity index (χ2n) is 4.27. The Morgan fingerprint density at radius 3 is 2.93 bits per heavy atom. The lowest BCUT2D eigenvalue weighted by Gasteiger charge is -2.42. The standard InChI is InChI=1S/C11H16N2S/c1-5-13-11(3-6-12-7-4-11)9-2-8-14-10(1)9/h2,8,12-13H,1,3-7H2. The van der Waals surface area contributed by atoms with Crippen LogP contribution in [-0.4, -0.2) is 19.6 Å². The van der Waals surface area contributed by atoms with Crippen molar-refractivity contribution in [3.63, 3.8) is 0 Å². The van der Waals surface area contributed by atoms with Crippen molar-refractivity contribution < 1.29 is 0 Å². The van der Waals surface area contributed by atoms with E-state index in [0.29, 0.717) is 5.54 Å². The van der Waals surface area contributed by atoms with E-state index in [1.54, 1.807) is 10.4 Å². The van der Waals surface area contributed by atoms with E-state index in [-0.39, 0.29) is 0 Å². The Balaban J connectivity index is 2.01. The van der Waals surface area contributed by atoms with Crippen LogP contribution in [0.1, 0.15) is 23.3 Å². The van der Waals surface area contributed by atoms with E-state index in [9.17, 15) is 0 Å². The van der Waals surface area contributed by atoms with E-state index in [0.717, 1.165) is 19.6 Å². The summed E-state index contributed by atoms with van der Waals surface area (Å²) in [4.78, 5) is 1.62. The number of rotatable bonds is 0. The smallest absolute Gasteiger partial charge is 0.0470 e. The van der Waals surface area contributed by atoms with Crippen LogP contribution >= 0.6 is 11.3 Å². The fourth-order valence-corrected chi connectivity index (χ4v) is 3.75. The van der Waals surface area contributed by atoms with Crippen molar-refractivity contribution in [2.45, 2.75) is 24.8 Å². The average Bonchev–Trinajstić information content (AvgIpc) is 2.69. The molecule has 76 valence electrons. The topological polar surface area (TPSA) is 24.1 Å². The normalized spacial score (nSPS) is 24.9. The number of piperidine rings is 1. The summed E-state index contributed by atoms with van der Waals surface area (Å²) in [5.41, 5.74) is 1.91. The molecular weight excluding hydrogens is 192 g/mol. The third-order valence-electron chi connectivity index (χ3n) is 3.53. The maximum Gasteiger partial charge on any atom is 0.0470 e. The van der Waals surface area contributed by atoms with Gasteiger partial charge >= 0.3 is 0 Å². The van der Waals surface area contributed by atoms with Crippen LogP contribution in [0.4, 0.5) is 0 Å². The summed E-state index contributed by atoms with van der Waals surface area (Å²) in [5, 5.41) is 9.44. The van der Waals surface area contributed by atoms with Gasteiger partial charge in [-0.2, -0.15) is 0 Å². The second kappa shape index (κ2) is 3.33. The van der Waals surface area contributed by atoms with E-state index < -0.39 is 0 Å². The molecule has 0 aromatic carbocycles. The first-order valence-corrected chi connectivity index (χ1v) is 6.31. The van der Waals surface area contributed by atoms with Crippen LogP contribution in [0.15, 0.2) is 11.4 Å². The highest BCUT2D eigenvalue weighted by Crippen LogP contribution is 2.37. The Bertz CT molecular complexity index is 326. The van der Waals surface area contributed by atoms with Crippen LogP contribution in [0.25, 0.3) is 0 Å². The van der Waals surface area contributed by atoms with E-state index in [1.165, 1.54) is 19.3 Å². The van der Waals surface area contributed by atoms with E-state index in [4.69, 9.17) is 0 Å². The lowest BCUT2D eigenvalue weighted by atomic mass is 9.79. The van der Waals surface area contributed by atoms with Crippen LogP contribution in [0.2, 0.25) is 0 Å². The third-order valence-corrected chi connectivity index (χ3v) is 4.51. The van der Waals surface area contributed by atoms with E-state index in [1.807, 2.05) is 11.3 Å². The molecule has 0 atom stereocenters. The Morgan fingerprint density at radius 2 is 2.07 bits per heavy atom.